The lowest BCUT2D eigenvalue weighted by Crippen LogP contribution is -2.45. The second-order valence-electron chi connectivity index (χ2n) is 6.96. The van der Waals surface area contributed by atoms with Gasteiger partial charge in [-0.25, -0.2) is 4.39 Å². The van der Waals surface area contributed by atoms with Gasteiger partial charge < -0.3 is 0 Å². The summed E-state index contributed by atoms with van der Waals surface area (Å²) in [6.07, 6.45) is 0.846. The van der Waals surface area contributed by atoms with Crippen molar-refractivity contribution in [2.45, 2.75) is 64.0 Å². The number of halogens is 1. The summed E-state index contributed by atoms with van der Waals surface area (Å²) < 4.78 is 48.8. The molecule has 2 heterocycles. The fraction of sp³-hybridized carbons (Fsp3) is 1.00. The molecule has 2 aliphatic heterocycles. The number of nitrogens with zero attached hydrogens (tertiary/aromatic N) is 1. The molecule has 0 bridgehead atoms. The lowest BCUT2D eigenvalue weighted by atomic mass is 9.72. The summed E-state index contributed by atoms with van der Waals surface area (Å²) in [6.45, 7) is 2.62. The molecule has 96 valence electrons. The molecule has 2 spiro atoms. The van der Waals surface area contributed by atoms with Crippen LogP contribution in [0.5, 0.6) is 0 Å². The van der Waals surface area contributed by atoms with Crippen LogP contribution in [-0.4, -0.2) is 29.7 Å². The second-order valence-corrected chi connectivity index (χ2v) is 6.96. The first-order chi connectivity index (χ1) is 9.57. The fourth-order valence-corrected chi connectivity index (χ4v) is 4.34. The smallest absolute Gasteiger partial charge is 0.108 e. The Balaban J connectivity index is 1.89. The molecular weight excluding hydrogens is 213 g/mol. The molecule has 2 aliphatic carbocycles. The van der Waals surface area contributed by atoms with Crippen LogP contribution in [0.2, 0.25) is 0 Å². The van der Waals surface area contributed by atoms with E-state index in [0.29, 0.717) is 13.0 Å². The first kappa shape index (κ1) is 7.47. The fourth-order valence-electron chi connectivity index (χ4n) is 4.34. The monoisotopic (exact) mass is 241 g/mol. The molecule has 4 aliphatic rings. The standard InChI is InChI=1S/C15H24FN/c1-11(2)7-15-9-13(8-12(13)16)10-17(15)6-5-14(15)3-4-14/h11-12H,3-10H2,1-2H3/t12-,13+,15-/m1/s1/i7D2,10D2. The maximum absolute atomic E-state index is 14.1. The number of fused-ring (bicyclic) bond motifs is 2. The van der Waals surface area contributed by atoms with E-state index in [0.717, 1.165) is 19.3 Å². The molecule has 0 N–H and O–H groups in total. The average molecular weight is 241 g/mol. The van der Waals surface area contributed by atoms with Crippen molar-refractivity contribution in [3.8, 4) is 0 Å². The second kappa shape index (κ2) is 2.89. The minimum atomic E-state index is -1.71. The average Bonchev–Trinajstić information content (AvgIpc) is 3.20. The molecule has 0 amide bonds. The number of hydrogen-bond donors (Lipinski definition) is 0. The Hall–Kier alpha value is -0.110. The van der Waals surface area contributed by atoms with E-state index in [1.54, 1.807) is 4.90 Å². The third kappa shape index (κ3) is 1.18. The van der Waals surface area contributed by atoms with Gasteiger partial charge in [0, 0.05) is 22.9 Å². The van der Waals surface area contributed by atoms with E-state index in [1.807, 2.05) is 13.8 Å². The molecule has 2 heteroatoms. The molecule has 0 radical (unpaired) electrons. The van der Waals surface area contributed by atoms with E-state index in [4.69, 9.17) is 5.48 Å². The van der Waals surface area contributed by atoms with E-state index in [9.17, 15) is 4.39 Å². The molecular formula is C15H24FN. The molecule has 4 rings (SSSR count). The minimum Gasteiger partial charge on any atom is -0.296 e. The Bertz CT molecular complexity index is 504. The van der Waals surface area contributed by atoms with Gasteiger partial charge in [0.05, 0.1) is 0 Å². The normalized spacial score (nSPS) is 57.8. The van der Waals surface area contributed by atoms with Crippen LogP contribution in [0.4, 0.5) is 4.39 Å². The minimum absolute atomic E-state index is 0.111. The van der Waals surface area contributed by atoms with Crippen LogP contribution in [0, 0.1) is 16.7 Å². The van der Waals surface area contributed by atoms with Gasteiger partial charge >= 0.3 is 0 Å². The zero-order valence-corrected chi connectivity index (χ0v) is 10.7. The van der Waals surface area contributed by atoms with E-state index in [-0.39, 0.29) is 17.8 Å². The van der Waals surface area contributed by atoms with Crippen LogP contribution in [0.25, 0.3) is 0 Å². The van der Waals surface area contributed by atoms with Gasteiger partial charge in [-0.2, -0.15) is 0 Å². The summed E-state index contributed by atoms with van der Waals surface area (Å²) in [6, 6.07) is 0. The SMILES string of the molecule is [2H]C1([2H])N2CCC3(CC3)[C@@]2(C([2H])([2H])C(C)C)C[C@@]12C[C@H]2F. The number of rotatable bonds is 2. The van der Waals surface area contributed by atoms with Crippen molar-refractivity contribution in [2.75, 3.05) is 13.0 Å². The zero-order valence-electron chi connectivity index (χ0n) is 14.7. The zero-order chi connectivity index (χ0) is 15.5. The Morgan fingerprint density at radius 1 is 1.47 bits per heavy atom. The first-order valence-electron chi connectivity index (χ1n) is 8.99. The van der Waals surface area contributed by atoms with Crippen molar-refractivity contribution in [1.82, 2.24) is 4.90 Å². The van der Waals surface area contributed by atoms with Crippen molar-refractivity contribution in [1.29, 1.82) is 0 Å². The van der Waals surface area contributed by atoms with Crippen LogP contribution in [-0.2, 0) is 0 Å². The van der Waals surface area contributed by atoms with Gasteiger partial charge in [0.1, 0.15) is 6.17 Å². The lowest BCUT2D eigenvalue weighted by molar-refractivity contribution is 0.107. The van der Waals surface area contributed by atoms with Crippen LogP contribution in [0.15, 0.2) is 0 Å². The maximum Gasteiger partial charge on any atom is 0.108 e. The summed E-state index contributed by atoms with van der Waals surface area (Å²) in [5.74, 6) is -0.196. The molecule has 2 saturated carbocycles. The van der Waals surface area contributed by atoms with E-state index < -0.39 is 30.0 Å². The molecule has 2 saturated heterocycles. The molecule has 0 aromatic carbocycles. The van der Waals surface area contributed by atoms with Gasteiger partial charge in [-0.1, -0.05) is 13.8 Å². The van der Waals surface area contributed by atoms with Crippen molar-refractivity contribution >= 4 is 0 Å². The van der Waals surface area contributed by atoms with Gasteiger partial charge in [-0.05, 0) is 56.4 Å². The lowest BCUT2D eigenvalue weighted by Gasteiger charge is -2.39. The first-order valence-corrected chi connectivity index (χ1v) is 6.99. The van der Waals surface area contributed by atoms with Gasteiger partial charge in [0.25, 0.3) is 0 Å². The van der Waals surface area contributed by atoms with E-state index in [1.165, 1.54) is 0 Å². The Kier molecular flexibility index (Phi) is 1.27. The summed E-state index contributed by atoms with van der Waals surface area (Å²) in [5, 5.41) is 0. The predicted molar refractivity (Wildman–Crippen MR) is 66.6 cm³/mol. The molecule has 17 heavy (non-hydrogen) atoms. The highest BCUT2D eigenvalue weighted by Crippen LogP contribution is 2.73. The van der Waals surface area contributed by atoms with Crippen LogP contribution >= 0.6 is 0 Å². The van der Waals surface area contributed by atoms with Crippen LogP contribution in [0.3, 0.4) is 0 Å². The third-order valence-corrected chi connectivity index (χ3v) is 5.44. The number of hydrogen-bond acceptors (Lipinski definition) is 1. The van der Waals surface area contributed by atoms with E-state index in [2.05, 4.69) is 0 Å². The predicted octanol–water partition coefficient (Wildman–Crippen LogP) is 3.39. The Morgan fingerprint density at radius 3 is 2.71 bits per heavy atom. The van der Waals surface area contributed by atoms with Crippen molar-refractivity contribution in [3.05, 3.63) is 0 Å². The molecule has 0 aromatic rings. The van der Waals surface area contributed by atoms with Crippen molar-refractivity contribution < 1.29 is 9.87 Å². The Labute approximate surface area is 109 Å². The maximum atomic E-state index is 14.1. The van der Waals surface area contributed by atoms with Crippen molar-refractivity contribution in [2.24, 2.45) is 16.7 Å². The largest absolute Gasteiger partial charge is 0.296 e. The molecule has 1 nitrogen and oxygen atoms in total. The third-order valence-electron chi connectivity index (χ3n) is 5.44. The van der Waals surface area contributed by atoms with E-state index >= 15 is 0 Å². The van der Waals surface area contributed by atoms with Crippen LogP contribution < -0.4 is 0 Å². The summed E-state index contributed by atoms with van der Waals surface area (Å²) in [4.78, 5) is 1.76. The molecule has 3 atom stereocenters. The van der Waals surface area contributed by atoms with Gasteiger partial charge in [0.15, 0.2) is 0 Å². The highest BCUT2D eigenvalue weighted by atomic mass is 19.1. The van der Waals surface area contributed by atoms with Gasteiger partial charge in [-0.3, -0.25) is 4.90 Å². The van der Waals surface area contributed by atoms with Gasteiger partial charge in [-0.15, -0.1) is 0 Å². The highest BCUT2D eigenvalue weighted by Gasteiger charge is 2.74. The summed E-state index contributed by atoms with van der Waals surface area (Å²) >= 11 is 0. The molecule has 0 unspecified atom stereocenters. The van der Waals surface area contributed by atoms with Gasteiger partial charge in [0.2, 0.25) is 0 Å². The number of alkyl halides is 1. The quantitative estimate of drug-likeness (QED) is 0.716. The highest BCUT2D eigenvalue weighted by molar-refractivity contribution is 5.27. The molecule has 0 aromatic heterocycles. The summed E-state index contributed by atoms with van der Waals surface area (Å²) in [5.41, 5.74) is -1.87. The van der Waals surface area contributed by atoms with Crippen LogP contribution in [0.1, 0.15) is 57.8 Å². The topological polar surface area (TPSA) is 3.24 Å². The van der Waals surface area contributed by atoms with Crippen molar-refractivity contribution in [3.63, 3.8) is 0 Å². The summed E-state index contributed by atoms with van der Waals surface area (Å²) in [7, 11) is 0. The molecule has 4 fully saturated rings. The Morgan fingerprint density at radius 2 is 2.18 bits per heavy atom.